The number of para-hydroxylation sites is 1. The van der Waals surface area contributed by atoms with Crippen molar-refractivity contribution < 1.29 is 14.7 Å². The summed E-state index contributed by atoms with van der Waals surface area (Å²) in [6.07, 6.45) is 2.24. The number of benzene rings is 1. The van der Waals surface area contributed by atoms with Gasteiger partial charge in [0.2, 0.25) is 0 Å². The van der Waals surface area contributed by atoms with Gasteiger partial charge in [-0.2, -0.15) is 0 Å². The van der Waals surface area contributed by atoms with Crippen LogP contribution < -0.4 is 10.1 Å². The van der Waals surface area contributed by atoms with E-state index in [1.54, 1.807) is 0 Å². The van der Waals surface area contributed by atoms with Gasteiger partial charge in [0.25, 0.3) is 0 Å². The van der Waals surface area contributed by atoms with Crippen LogP contribution in [0, 0.1) is 0 Å². The molecule has 2 rings (SSSR count). The third-order valence-electron chi connectivity index (χ3n) is 3.26. The summed E-state index contributed by atoms with van der Waals surface area (Å²) in [5.41, 5.74) is 1.87. The molecular weight excluding hydrogens is 268 g/mol. The number of fused-ring (bicyclic) bond motifs is 1. The fraction of sp³-hybridized carbons (Fsp3) is 0.562. The van der Waals surface area contributed by atoms with Crippen LogP contribution in [-0.2, 0) is 4.84 Å². The van der Waals surface area contributed by atoms with Crippen molar-refractivity contribution in [2.24, 2.45) is 5.16 Å². The maximum Gasteiger partial charge on any atom is 0.144 e. The standard InChI is InChI=1S/C16H24N2O3/c1-2-9-17-11-13(19)12-21-18-15-7-5-10-20-16-8-4-3-6-14(15)16/h3-4,6,8,13,17,19H,2,5,7,9-12H2,1H3/b18-15+. The Balaban J connectivity index is 1.89. The molecule has 5 heteroatoms. The molecule has 21 heavy (non-hydrogen) atoms. The second-order valence-electron chi connectivity index (χ2n) is 5.14. The Labute approximate surface area is 125 Å². The van der Waals surface area contributed by atoms with E-state index in [2.05, 4.69) is 17.4 Å². The second-order valence-corrected chi connectivity index (χ2v) is 5.14. The Morgan fingerprint density at radius 1 is 1.43 bits per heavy atom. The molecule has 1 aliphatic heterocycles. The maximum absolute atomic E-state index is 9.77. The molecule has 116 valence electrons. The van der Waals surface area contributed by atoms with E-state index in [0.29, 0.717) is 13.2 Å². The second kappa shape index (κ2) is 8.64. The summed E-state index contributed by atoms with van der Waals surface area (Å²) in [4.78, 5) is 5.32. The van der Waals surface area contributed by atoms with Crippen molar-refractivity contribution >= 4 is 5.71 Å². The zero-order valence-electron chi connectivity index (χ0n) is 12.5. The lowest BCUT2D eigenvalue weighted by molar-refractivity contribution is 0.0403. The van der Waals surface area contributed by atoms with Crippen molar-refractivity contribution in [2.75, 3.05) is 26.3 Å². The van der Waals surface area contributed by atoms with Gasteiger partial charge < -0.3 is 20.0 Å². The molecule has 0 radical (unpaired) electrons. The van der Waals surface area contributed by atoms with Gasteiger partial charge in [0.05, 0.1) is 12.3 Å². The van der Waals surface area contributed by atoms with Gasteiger partial charge in [0, 0.05) is 12.1 Å². The van der Waals surface area contributed by atoms with E-state index >= 15 is 0 Å². The number of hydrogen-bond donors (Lipinski definition) is 2. The van der Waals surface area contributed by atoms with Crippen LogP contribution in [0.1, 0.15) is 31.7 Å². The first-order valence-corrected chi connectivity index (χ1v) is 7.61. The minimum Gasteiger partial charge on any atom is -0.493 e. The minimum atomic E-state index is -0.543. The molecule has 0 aliphatic carbocycles. The normalized spacial score (nSPS) is 17.7. The lowest BCUT2D eigenvalue weighted by Crippen LogP contribution is -2.30. The monoisotopic (exact) mass is 292 g/mol. The SMILES string of the molecule is CCCNCC(O)CO/N=C1\CCCOc2ccccc21. The van der Waals surface area contributed by atoms with E-state index in [4.69, 9.17) is 9.57 Å². The van der Waals surface area contributed by atoms with Gasteiger partial charge >= 0.3 is 0 Å². The van der Waals surface area contributed by atoms with Crippen LogP contribution in [0.25, 0.3) is 0 Å². The highest BCUT2D eigenvalue weighted by atomic mass is 16.6. The summed E-state index contributed by atoms with van der Waals surface area (Å²) in [5, 5.41) is 17.1. The first-order valence-electron chi connectivity index (χ1n) is 7.61. The number of nitrogens with one attached hydrogen (secondary N) is 1. The molecule has 0 bridgehead atoms. The van der Waals surface area contributed by atoms with E-state index < -0.39 is 6.10 Å². The smallest absolute Gasteiger partial charge is 0.144 e. The first-order chi connectivity index (χ1) is 10.3. The van der Waals surface area contributed by atoms with Gasteiger partial charge in [-0.05, 0) is 37.9 Å². The quantitative estimate of drug-likeness (QED) is 0.595. The van der Waals surface area contributed by atoms with Gasteiger partial charge in [-0.25, -0.2) is 0 Å². The predicted octanol–water partition coefficient (Wildman–Crippen LogP) is 1.94. The van der Waals surface area contributed by atoms with Crippen LogP contribution >= 0.6 is 0 Å². The van der Waals surface area contributed by atoms with Crippen molar-refractivity contribution in [3.05, 3.63) is 29.8 Å². The number of ether oxygens (including phenoxy) is 1. The highest BCUT2D eigenvalue weighted by molar-refractivity contribution is 6.02. The third-order valence-corrected chi connectivity index (χ3v) is 3.26. The fourth-order valence-corrected chi connectivity index (χ4v) is 2.19. The Kier molecular flexibility index (Phi) is 6.50. The molecule has 1 heterocycles. The summed E-state index contributed by atoms with van der Waals surface area (Å²) >= 11 is 0. The molecule has 0 saturated carbocycles. The van der Waals surface area contributed by atoms with Gasteiger partial charge in [-0.3, -0.25) is 0 Å². The van der Waals surface area contributed by atoms with E-state index in [-0.39, 0.29) is 6.61 Å². The van der Waals surface area contributed by atoms with Crippen molar-refractivity contribution in [2.45, 2.75) is 32.3 Å². The maximum atomic E-state index is 9.77. The van der Waals surface area contributed by atoms with E-state index in [1.165, 1.54) is 0 Å². The minimum absolute atomic E-state index is 0.198. The van der Waals surface area contributed by atoms with Gasteiger partial charge in [-0.15, -0.1) is 0 Å². The van der Waals surface area contributed by atoms with E-state index in [9.17, 15) is 5.11 Å². The largest absolute Gasteiger partial charge is 0.493 e. The molecule has 5 nitrogen and oxygen atoms in total. The summed E-state index contributed by atoms with van der Waals surface area (Å²) in [5.74, 6) is 0.850. The number of hydrogen-bond acceptors (Lipinski definition) is 5. The average Bonchev–Trinajstić information content (AvgIpc) is 2.70. The molecule has 0 fully saturated rings. The summed E-state index contributed by atoms with van der Waals surface area (Å²) in [7, 11) is 0. The highest BCUT2D eigenvalue weighted by Crippen LogP contribution is 2.24. The van der Waals surface area contributed by atoms with Crippen LogP contribution in [0.3, 0.4) is 0 Å². The van der Waals surface area contributed by atoms with Crippen LogP contribution in [0.15, 0.2) is 29.4 Å². The van der Waals surface area contributed by atoms with Crippen molar-refractivity contribution in [3.8, 4) is 5.75 Å². The van der Waals surface area contributed by atoms with E-state index in [1.807, 2.05) is 24.3 Å². The Morgan fingerprint density at radius 3 is 3.14 bits per heavy atom. The molecule has 0 aromatic heterocycles. The molecule has 1 unspecified atom stereocenters. The lowest BCUT2D eigenvalue weighted by atomic mass is 10.1. The molecule has 0 spiro atoms. The third kappa shape index (κ3) is 5.02. The first kappa shape index (κ1) is 15.8. The predicted molar refractivity (Wildman–Crippen MR) is 82.8 cm³/mol. The summed E-state index contributed by atoms with van der Waals surface area (Å²) in [6.45, 7) is 4.41. The molecule has 2 N–H and O–H groups in total. The summed E-state index contributed by atoms with van der Waals surface area (Å²) in [6, 6.07) is 7.85. The Hall–Kier alpha value is -1.59. The van der Waals surface area contributed by atoms with Crippen LogP contribution in [0.5, 0.6) is 5.75 Å². The molecule has 1 aromatic carbocycles. The lowest BCUT2D eigenvalue weighted by Gasteiger charge is -2.11. The van der Waals surface area contributed by atoms with Crippen molar-refractivity contribution in [1.82, 2.24) is 5.32 Å². The number of rotatable bonds is 7. The van der Waals surface area contributed by atoms with Crippen molar-refractivity contribution in [1.29, 1.82) is 0 Å². The number of aliphatic hydroxyl groups excluding tert-OH is 1. The Morgan fingerprint density at radius 2 is 2.29 bits per heavy atom. The molecule has 1 aliphatic rings. The van der Waals surface area contributed by atoms with Gasteiger partial charge in [0.1, 0.15) is 18.5 Å². The van der Waals surface area contributed by atoms with Crippen LogP contribution in [0.2, 0.25) is 0 Å². The van der Waals surface area contributed by atoms with Crippen LogP contribution in [-0.4, -0.2) is 43.2 Å². The van der Waals surface area contributed by atoms with Crippen LogP contribution in [0.4, 0.5) is 0 Å². The van der Waals surface area contributed by atoms with Crippen molar-refractivity contribution in [3.63, 3.8) is 0 Å². The molecule has 0 amide bonds. The number of oxime groups is 1. The highest BCUT2D eigenvalue weighted by Gasteiger charge is 2.15. The van der Waals surface area contributed by atoms with Gasteiger partial charge in [-0.1, -0.05) is 24.2 Å². The molecule has 1 aromatic rings. The number of aliphatic hydroxyl groups is 1. The topological polar surface area (TPSA) is 63.1 Å². The van der Waals surface area contributed by atoms with Gasteiger partial charge in [0.15, 0.2) is 0 Å². The number of nitrogens with zero attached hydrogens (tertiary/aromatic N) is 1. The molecule has 1 atom stereocenters. The molecule has 0 saturated heterocycles. The van der Waals surface area contributed by atoms with E-state index in [0.717, 1.165) is 42.8 Å². The summed E-state index contributed by atoms with van der Waals surface area (Å²) < 4.78 is 5.68. The zero-order valence-corrected chi connectivity index (χ0v) is 12.5. The Bertz CT molecular complexity index is 463. The molecular formula is C16H24N2O3. The fourth-order valence-electron chi connectivity index (χ4n) is 2.19. The average molecular weight is 292 g/mol. The zero-order chi connectivity index (χ0) is 14.9.